The number of likely N-dealkylation sites (tertiary alicyclic amines) is 2. The van der Waals surface area contributed by atoms with Gasteiger partial charge in [-0.15, -0.1) is 11.3 Å². The highest BCUT2D eigenvalue weighted by molar-refractivity contribution is 7.09. The summed E-state index contributed by atoms with van der Waals surface area (Å²) in [6.07, 6.45) is 3.88. The van der Waals surface area contributed by atoms with Crippen molar-refractivity contribution in [3.8, 4) is 0 Å². The van der Waals surface area contributed by atoms with Crippen molar-refractivity contribution in [1.82, 2.24) is 19.7 Å². The standard InChI is InChI=1S/C17H26N4O2S/c22-16-17(1-4-20(14-17)13-15-18-3-12-24-15)2-5-21(16)7-6-19-8-10-23-11-9-19/h3,12H,1-2,4-11,13-14H2. The molecule has 1 atom stereocenters. The van der Waals surface area contributed by atoms with E-state index in [0.29, 0.717) is 5.91 Å². The number of carbonyl (C=O) groups excluding carboxylic acids is 1. The van der Waals surface area contributed by atoms with Gasteiger partial charge in [0, 0.05) is 50.8 Å². The lowest BCUT2D eigenvalue weighted by molar-refractivity contribution is -0.135. The molecule has 4 rings (SSSR count). The fraction of sp³-hybridized carbons (Fsp3) is 0.765. The summed E-state index contributed by atoms with van der Waals surface area (Å²) in [5, 5.41) is 3.18. The van der Waals surface area contributed by atoms with Crippen LogP contribution >= 0.6 is 11.3 Å². The fourth-order valence-corrected chi connectivity index (χ4v) is 4.84. The van der Waals surface area contributed by atoms with Crippen molar-refractivity contribution < 1.29 is 9.53 Å². The molecule has 24 heavy (non-hydrogen) atoms. The summed E-state index contributed by atoms with van der Waals surface area (Å²) in [5.74, 6) is 0.386. The van der Waals surface area contributed by atoms with E-state index < -0.39 is 0 Å². The van der Waals surface area contributed by atoms with Crippen molar-refractivity contribution in [2.45, 2.75) is 19.4 Å². The van der Waals surface area contributed by atoms with Gasteiger partial charge >= 0.3 is 0 Å². The zero-order valence-electron chi connectivity index (χ0n) is 14.2. The van der Waals surface area contributed by atoms with Crippen LogP contribution in [-0.4, -0.2) is 84.6 Å². The first-order chi connectivity index (χ1) is 11.8. The maximum Gasteiger partial charge on any atom is 0.230 e. The summed E-state index contributed by atoms with van der Waals surface area (Å²) in [7, 11) is 0. The zero-order chi connectivity index (χ0) is 16.4. The summed E-state index contributed by atoms with van der Waals surface area (Å²) >= 11 is 1.70. The lowest BCUT2D eigenvalue weighted by Crippen LogP contribution is -2.43. The summed E-state index contributed by atoms with van der Waals surface area (Å²) in [6, 6.07) is 0. The Morgan fingerprint density at radius 2 is 1.96 bits per heavy atom. The monoisotopic (exact) mass is 350 g/mol. The Morgan fingerprint density at radius 3 is 2.75 bits per heavy atom. The van der Waals surface area contributed by atoms with E-state index in [2.05, 4.69) is 19.7 Å². The van der Waals surface area contributed by atoms with E-state index in [0.717, 1.165) is 83.4 Å². The Hall–Kier alpha value is -1.02. The summed E-state index contributed by atoms with van der Waals surface area (Å²) in [6.45, 7) is 9.22. The van der Waals surface area contributed by atoms with Gasteiger partial charge in [-0.2, -0.15) is 0 Å². The largest absolute Gasteiger partial charge is 0.379 e. The Kier molecular flexibility index (Phi) is 4.85. The second-order valence-corrected chi connectivity index (χ2v) is 8.14. The Labute approximate surface area is 147 Å². The van der Waals surface area contributed by atoms with E-state index in [1.165, 1.54) is 0 Å². The van der Waals surface area contributed by atoms with Crippen molar-refractivity contribution in [2.75, 3.05) is 59.0 Å². The molecule has 132 valence electrons. The Morgan fingerprint density at radius 1 is 1.12 bits per heavy atom. The van der Waals surface area contributed by atoms with E-state index in [1.807, 2.05) is 11.6 Å². The van der Waals surface area contributed by atoms with Crippen LogP contribution in [0.4, 0.5) is 0 Å². The van der Waals surface area contributed by atoms with Crippen molar-refractivity contribution in [3.63, 3.8) is 0 Å². The molecule has 6 nitrogen and oxygen atoms in total. The van der Waals surface area contributed by atoms with Crippen molar-refractivity contribution in [2.24, 2.45) is 5.41 Å². The summed E-state index contributed by atoms with van der Waals surface area (Å²) < 4.78 is 5.39. The molecule has 7 heteroatoms. The average Bonchev–Trinajstić information content (AvgIpc) is 3.32. The minimum absolute atomic E-state index is 0.123. The maximum atomic E-state index is 13.0. The topological polar surface area (TPSA) is 48.9 Å². The van der Waals surface area contributed by atoms with E-state index in [-0.39, 0.29) is 5.41 Å². The number of hydrogen-bond acceptors (Lipinski definition) is 6. The van der Waals surface area contributed by atoms with Gasteiger partial charge in [-0.05, 0) is 19.4 Å². The van der Waals surface area contributed by atoms with Gasteiger partial charge < -0.3 is 9.64 Å². The van der Waals surface area contributed by atoms with Gasteiger partial charge in [-0.1, -0.05) is 0 Å². The second kappa shape index (κ2) is 7.07. The molecule has 3 aliphatic rings. The first-order valence-electron chi connectivity index (χ1n) is 8.95. The lowest BCUT2D eigenvalue weighted by atomic mass is 9.85. The Balaban J connectivity index is 1.30. The molecule has 3 aliphatic heterocycles. The molecule has 3 fully saturated rings. The van der Waals surface area contributed by atoms with Crippen LogP contribution in [0.3, 0.4) is 0 Å². The van der Waals surface area contributed by atoms with Crippen LogP contribution in [0, 0.1) is 5.41 Å². The van der Waals surface area contributed by atoms with Crippen LogP contribution in [0.15, 0.2) is 11.6 Å². The van der Waals surface area contributed by atoms with Crippen molar-refractivity contribution >= 4 is 17.2 Å². The maximum absolute atomic E-state index is 13.0. The number of rotatable bonds is 5. The van der Waals surface area contributed by atoms with Gasteiger partial charge in [0.2, 0.25) is 5.91 Å². The molecule has 1 spiro atoms. The molecule has 1 aromatic heterocycles. The third kappa shape index (κ3) is 3.35. The molecular formula is C17H26N4O2S. The number of nitrogens with zero attached hydrogens (tertiary/aromatic N) is 4. The average molecular weight is 350 g/mol. The van der Waals surface area contributed by atoms with Crippen LogP contribution in [0.1, 0.15) is 17.8 Å². The molecule has 1 aromatic rings. The van der Waals surface area contributed by atoms with Gasteiger partial charge in [0.15, 0.2) is 0 Å². The number of amides is 1. The molecule has 0 N–H and O–H groups in total. The number of thiazole rings is 1. The van der Waals surface area contributed by atoms with Gasteiger partial charge in [-0.25, -0.2) is 4.98 Å². The minimum Gasteiger partial charge on any atom is -0.379 e. The third-order valence-corrected chi connectivity index (χ3v) is 6.43. The Bertz CT molecular complexity index is 561. The van der Waals surface area contributed by atoms with Gasteiger partial charge in [0.25, 0.3) is 0 Å². The van der Waals surface area contributed by atoms with Crippen LogP contribution in [-0.2, 0) is 16.1 Å². The van der Waals surface area contributed by atoms with Crippen molar-refractivity contribution in [3.05, 3.63) is 16.6 Å². The molecule has 0 saturated carbocycles. The fourth-order valence-electron chi connectivity index (χ4n) is 4.19. The van der Waals surface area contributed by atoms with Crippen molar-refractivity contribution in [1.29, 1.82) is 0 Å². The number of aromatic nitrogens is 1. The van der Waals surface area contributed by atoms with Crippen LogP contribution in [0.5, 0.6) is 0 Å². The highest BCUT2D eigenvalue weighted by Crippen LogP contribution is 2.41. The first kappa shape index (κ1) is 16.4. The zero-order valence-corrected chi connectivity index (χ0v) is 15.0. The molecule has 1 unspecified atom stereocenters. The van der Waals surface area contributed by atoms with E-state index in [1.54, 1.807) is 11.3 Å². The van der Waals surface area contributed by atoms with Gasteiger partial charge in [0.1, 0.15) is 5.01 Å². The van der Waals surface area contributed by atoms with Crippen LogP contribution < -0.4 is 0 Å². The van der Waals surface area contributed by atoms with Gasteiger partial charge in [0.05, 0.1) is 25.2 Å². The summed E-state index contributed by atoms with van der Waals surface area (Å²) in [5.41, 5.74) is -0.123. The highest BCUT2D eigenvalue weighted by atomic mass is 32.1. The number of hydrogen-bond donors (Lipinski definition) is 0. The molecular weight excluding hydrogens is 324 g/mol. The third-order valence-electron chi connectivity index (χ3n) is 5.67. The van der Waals surface area contributed by atoms with Crippen LogP contribution in [0.2, 0.25) is 0 Å². The second-order valence-electron chi connectivity index (χ2n) is 7.16. The normalized spacial score (nSPS) is 29.2. The number of carbonyl (C=O) groups is 1. The highest BCUT2D eigenvalue weighted by Gasteiger charge is 2.50. The molecule has 4 heterocycles. The predicted octanol–water partition coefficient (Wildman–Crippen LogP) is 0.900. The first-order valence-corrected chi connectivity index (χ1v) is 9.83. The minimum atomic E-state index is -0.123. The quantitative estimate of drug-likeness (QED) is 0.790. The SMILES string of the molecule is O=C1N(CCN2CCOCC2)CCC12CCN(Cc1nccs1)C2. The number of ether oxygens (including phenoxy) is 1. The van der Waals surface area contributed by atoms with E-state index in [4.69, 9.17) is 4.74 Å². The predicted molar refractivity (Wildman–Crippen MR) is 92.9 cm³/mol. The summed E-state index contributed by atoms with van der Waals surface area (Å²) in [4.78, 5) is 24.3. The molecule has 0 radical (unpaired) electrons. The molecule has 1 amide bonds. The number of morpholine rings is 1. The molecule has 0 bridgehead atoms. The van der Waals surface area contributed by atoms with E-state index in [9.17, 15) is 4.79 Å². The molecule has 3 saturated heterocycles. The lowest BCUT2D eigenvalue weighted by Gasteiger charge is -2.29. The van der Waals surface area contributed by atoms with Crippen LogP contribution in [0.25, 0.3) is 0 Å². The smallest absolute Gasteiger partial charge is 0.230 e. The van der Waals surface area contributed by atoms with E-state index >= 15 is 0 Å². The molecule has 0 aliphatic carbocycles. The van der Waals surface area contributed by atoms with Gasteiger partial charge in [-0.3, -0.25) is 14.6 Å². The molecule has 0 aromatic carbocycles.